The highest BCUT2D eigenvalue weighted by atomic mass is 19.1. The van der Waals surface area contributed by atoms with Gasteiger partial charge in [0.25, 0.3) is 0 Å². The Labute approximate surface area is 115 Å². The summed E-state index contributed by atoms with van der Waals surface area (Å²) in [6.45, 7) is 5.41. The van der Waals surface area contributed by atoms with Gasteiger partial charge in [-0.15, -0.1) is 0 Å². The Hall–Kier alpha value is -0.930. The highest BCUT2D eigenvalue weighted by Crippen LogP contribution is 2.23. The molecule has 1 aliphatic rings. The molecule has 0 spiro atoms. The van der Waals surface area contributed by atoms with Gasteiger partial charge in [0, 0.05) is 19.1 Å². The summed E-state index contributed by atoms with van der Waals surface area (Å²) in [5.41, 5.74) is 7.18. The van der Waals surface area contributed by atoms with E-state index < -0.39 is 0 Å². The molecule has 1 heterocycles. The van der Waals surface area contributed by atoms with Crippen molar-refractivity contribution in [3.05, 3.63) is 35.6 Å². The second kappa shape index (κ2) is 7.01. The topological polar surface area (TPSA) is 29.3 Å². The van der Waals surface area contributed by atoms with Crippen LogP contribution in [-0.4, -0.2) is 24.0 Å². The highest BCUT2D eigenvalue weighted by Gasteiger charge is 2.22. The van der Waals surface area contributed by atoms with Crippen LogP contribution in [0.25, 0.3) is 0 Å². The SMILES string of the molecule is CCC(N)CCC1CCN(Cc2ccc(F)cc2)C1. The molecule has 0 bridgehead atoms. The summed E-state index contributed by atoms with van der Waals surface area (Å²) in [6, 6.07) is 7.23. The Morgan fingerprint density at radius 3 is 2.79 bits per heavy atom. The van der Waals surface area contributed by atoms with Gasteiger partial charge in [-0.1, -0.05) is 19.1 Å². The molecule has 0 aromatic heterocycles. The van der Waals surface area contributed by atoms with Crippen LogP contribution in [-0.2, 0) is 6.54 Å². The lowest BCUT2D eigenvalue weighted by molar-refractivity contribution is 0.310. The molecule has 0 aliphatic carbocycles. The van der Waals surface area contributed by atoms with E-state index in [0.717, 1.165) is 38.4 Å². The Morgan fingerprint density at radius 1 is 1.37 bits per heavy atom. The first kappa shape index (κ1) is 14.5. The van der Waals surface area contributed by atoms with Gasteiger partial charge >= 0.3 is 0 Å². The third-order valence-corrected chi connectivity index (χ3v) is 4.16. The van der Waals surface area contributed by atoms with Crippen molar-refractivity contribution in [3.8, 4) is 0 Å². The Kier molecular flexibility index (Phi) is 5.34. The van der Waals surface area contributed by atoms with Crippen LogP contribution in [0.2, 0.25) is 0 Å². The number of likely N-dealkylation sites (tertiary alicyclic amines) is 1. The van der Waals surface area contributed by atoms with Gasteiger partial charge in [-0.05, 0) is 55.8 Å². The fourth-order valence-corrected chi connectivity index (χ4v) is 2.79. The smallest absolute Gasteiger partial charge is 0.123 e. The molecule has 2 N–H and O–H groups in total. The molecule has 2 atom stereocenters. The molecule has 2 nitrogen and oxygen atoms in total. The Morgan fingerprint density at radius 2 is 2.11 bits per heavy atom. The van der Waals surface area contributed by atoms with Crippen molar-refractivity contribution in [1.82, 2.24) is 4.90 Å². The van der Waals surface area contributed by atoms with Crippen LogP contribution in [0.4, 0.5) is 4.39 Å². The largest absolute Gasteiger partial charge is 0.328 e. The third kappa shape index (κ3) is 4.59. The zero-order chi connectivity index (χ0) is 13.7. The molecule has 1 aromatic rings. The molecule has 19 heavy (non-hydrogen) atoms. The van der Waals surface area contributed by atoms with Crippen molar-refractivity contribution in [2.45, 2.75) is 45.2 Å². The number of hydrogen-bond acceptors (Lipinski definition) is 2. The van der Waals surface area contributed by atoms with Gasteiger partial charge in [0.2, 0.25) is 0 Å². The van der Waals surface area contributed by atoms with Crippen LogP contribution < -0.4 is 5.73 Å². The van der Waals surface area contributed by atoms with Crippen molar-refractivity contribution < 1.29 is 4.39 Å². The van der Waals surface area contributed by atoms with E-state index in [9.17, 15) is 4.39 Å². The zero-order valence-electron chi connectivity index (χ0n) is 11.8. The van der Waals surface area contributed by atoms with Crippen LogP contribution in [0.5, 0.6) is 0 Å². The summed E-state index contributed by atoms with van der Waals surface area (Å²) in [6.07, 6.45) is 4.74. The second-order valence-corrected chi connectivity index (χ2v) is 5.76. The molecular weight excluding hydrogens is 239 g/mol. The molecule has 1 aromatic carbocycles. The number of hydrogen-bond donors (Lipinski definition) is 1. The predicted molar refractivity (Wildman–Crippen MR) is 77.3 cm³/mol. The van der Waals surface area contributed by atoms with E-state index in [1.807, 2.05) is 12.1 Å². The number of nitrogens with zero attached hydrogens (tertiary/aromatic N) is 1. The number of benzene rings is 1. The minimum absolute atomic E-state index is 0.156. The fraction of sp³-hybridized carbons (Fsp3) is 0.625. The third-order valence-electron chi connectivity index (χ3n) is 4.16. The highest BCUT2D eigenvalue weighted by molar-refractivity contribution is 5.16. The molecule has 0 saturated carbocycles. The molecule has 0 radical (unpaired) electrons. The lowest BCUT2D eigenvalue weighted by Gasteiger charge is -2.17. The molecule has 1 saturated heterocycles. The Bertz CT molecular complexity index is 377. The summed E-state index contributed by atoms with van der Waals surface area (Å²) < 4.78 is 12.8. The van der Waals surface area contributed by atoms with E-state index in [0.29, 0.717) is 6.04 Å². The van der Waals surface area contributed by atoms with E-state index in [1.165, 1.54) is 18.4 Å². The van der Waals surface area contributed by atoms with Crippen molar-refractivity contribution >= 4 is 0 Å². The van der Waals surface area contributed by atoms with Crippen LogP contribution in [0, 0.1) is 11.7 Å². The molecule has 0 amide bonds. The van der Waals surface area contributed by atoms with E-state index in [2.05, 4.69) is 11.8 Å². The molecule has 106 valence electrons. The van der Waals surface area contributed by atoms with Gasteiger partial charge in [-0.3, -0.25) is 4.90 Å². The lowest BCUT2D eigenvalue weighted by Crippen LogP contribution is -2.22. The van der Waals surface area contributed by atoms with E-state index >= 15 is 0 Å². The second-order valence-electron chi connectivity index (χ2n) is 5.76. The maximum atomic E-state index is 12.8. The van der Waals surface area contributed by atoms with Gasteiger partial charge in [0.15, 0.2) is 0 Å². The quantitative estimate of drug-likeness (QED) is 0.855. The van der Waals surface area contributed by atoms with E-state index in [4.69, 9.17) is 5.73 Å². The van der Waals surface area contributed by atoms with Gasteiger partial charge < -0.3 is 5.73 Å². The molecule has 3 heteroatoms. The predicted octanol–water partition coefficient (Wildman–Crippen LogP) is 3.17. The molecule has 1 fully saturated rings. The normalized spacial score (nSPS) is 21.7. The van der Waals surface area contributed by atoms with E-state index in [-0.39, 0.29) is 5.82 Å². The summed E-state index contributed by atoms with van der Waals surface area (Å²) in [4.78, 5) is 2.47. The number of rotatable bonds is 6. The summed E-state index contributed by atoms with van der Waals surface area (Å²) >= 11 is 0. The van der Waals surface area contributed by atoms with E-state index in [1.54, 1.807) is 12.1 Å². The minimum Gasteiger partial charge on any atom is -0.328 e. The monoisotopic (exact) mass is 264 g/mol. The van der Waals surface area contributed by atoms with Gasteiger partial charge in [0.05, 0.1) is 0 Å². The minimum atomic E-state index is -0.156. The average molecular weight is 264 g/mol. The first-order valence-corrected chi connectivity index (χ1v) is 7.39. The van der Waals surface area contributed by atoms with Crippen molar-refractivity contribution in [3.63, 3.8) is 0 Å². The fourth-order valence-electron chi connectivity index (χ4n) is 2.79. The standard InChI is InChI=1S/C16H25FN2/c1-2-16(18)8-5-14-9-10-19(12-14)11-13-3-6-15(17)7-4-13/h3-4,6-7,14,16H,2,5,8-12,18H2,1H3. The first-order chi connectivity index (χ1) is 9.17. The number of halogens is 1. The summed E-state index contributed by atoms with van der Waals surface area (Å²) in [5.74, 6) is 0.634. The lowest BCUT2D eigenvalue weighted by atomic mass is 9.98. The molecular formula is C16H25FN2. The molecule has 2 unspecified atom stereocenters. The average Bonchev–Trinajstić information content (AvgIpc) is 2.86. The van der Waals surface area contributed by atoms with Gasteiger partial charge in [0.1, 0.15) is 5.82 Å². The number of nitrogens with two attached hydrogens (primary N) is 1. The summed E-state index contributed by atoms with van der Waals surface area (Å²) in [7, 11) is 0. The van der Waals surface area contributed by atoms with Gasteiger partial charge in [-0.25, -0.2) is 4.39 Å². The zero-order valence-corrected chi connectivity index (χ0v) is 11.8. The Balaban J connectivity index is 1.74. The van der Waals surface area contributed by atoms with Crippen molar-refractivity contribution in [2.24, 2.45) is 11.7 Å². The summed E-state index contributed by atoms with van der Waals surface area (Å²) in [5, 5.41) is 0. The molecule has 1 aliphatic heterocycles. The van der Waals surface area contributed by atoms with Crippen LogP contribution in [0.15, 0.2) is 24.3 Å². The van der Waals surface area contributed by atoms with Crippen LogP contribution in [0.1, 0.15) is 38.2 Å². The van der Waals surface area contributed by atoms with Crippen LogP contribution >= 0.6 is 0 Å². The molecule has 2 rings (SSSR count). The first-order valence-electron chi connectivity index (χ1n) is 7.39. The van der Waals surface area contributed by atoms with Gasteiger partial charge in [-0.2, -0.15) is 0 Å². The van der Waals surface area contributed by atoms with Crippen molar-refractivity contribution in [1.29, 1.82) is 0 Å². The van der Waals surface area contributed by atoms with Crippen molar-refractivity contribution in [2.75, 3.05) is 13.1 Å². The maximum absolute atomic E-state index is 12.8. The maximum Gasteiger partial charge on any atom is 0.123 e. The van der Waals surface area contributed by atoms with Crippen LogP contribution in [0.3, 0.4) is 0 Å².